The van der Waals surface area contributed by atoms with E-state index in [1.807, 2.05) is 0 Å². The molecule has 2 N–H and O–H groups in total. The Kier molecular flexibility index (Phi) is 3.97. The summed E-state index contributed by atoms with van der Waals surface area (Å²) in [7, 11) is 2.18. The molecule has 2 aliphatic heterocycles. The van der Waals surface area contributed by atoms with Gasteiger partial charge < -0.3 is 15.4 Å². The second-order valence-electron chi connectivity index (χ2n) is 4.88. The van der Waals surface area contributed by atoms with Gasteiger partial charge in [-0.05, 0) is 19.4 Å². The average Bonchev–Trinajstić information content (AvgIpc) is 2.73. The number of piperazine rings is 1. The van der Waals surface area contributed by atoms with Crippen LogP contribution in [0.2, 0.25) is 0 Å². The Bertz CT molecular complexity index is 194. The molecule has 0 aromatic carbocycles. The van der Waals surface area contributed by atoms with Gasteiger partial charge in [0.05, 0.1) is 6.61 Å². The number of nitrogens with zero attached hydrogens (tertiary/aromatic N) is 2. The van der Waals surface area contributed by atoms with E-state index in [1.54, 1.807) is 0 Å². The molecule has 0 amide bonds. The molecular weight excluding hydrogens is 190 g/mol. The smallest absolute Gasteiger partial charge is 0.0507 e. The molecule has 2 unspecified atom stereocenters. The van der Waals surface area contributed by atoms with E-state index in [4.69, 9.17) is 10.5 Å². The quantitative estimate of drug-likeness (QED) is 0.692. The maximum atomic E-state index is 5.83. The summed E-state index contributed by atoms with van der Waals surface area (Å²) in [4.78, 5) is 4.93. The normalized spacial score (nSPS) is 34.8. The van der Waals surface area contributed by atoms with Crippen LogP contribution in [0.5, 0.6) is 0 Å². The van der Waals surface area contributed by atoms with E-state index < -0.39 is 0 Å². The molecule has 0 radical (unpaired) electrons. The number of rotatable bonds is 3. The fraction of sp³-hybridized carbons (Fsp3) is 1.00. The number of hydrogen-bond donors (Lipinski definition) is 1. The van der Waals surface area contributed by atoms with Crippen LogP contribution in [0.1, 0.15) is 6.42 Å². The summed E-state index contributed by atoms with van der Waals surface area (Å²) >= 11 is 0. The molecule has 0 aromatic heterocycles. The number of ether oxygens (including phenoxy) is 1. The lowest BCUT2D eigenvalue weighted by Crippen LogP contribution is -2.55. The first-order valence-electron chi connectivity index (χ1n) is 6.00. The Morgan fingerprint density at radius 1 is 1.40 bits per heavy atom. The van der Waals surface area contributed by atoms with Crippen LogP contribution in [0.4, 0.5) is 0 Å². The minimum absolute atomic E-state index is 0.546. The highest BCUT2D eigenvalue weighted by atomic mass is 16.5. The van der Waals surface area contributed by atoms with E-state index in [2.05, 4.69) is 16.8 Å². The largest absolute Gasteiger partial charge is 0.381 e. The third kappa shape index (κ3) is 2.91. The lowest BCUT2D eigenvalue weighted by molar-refractivity contribution is 0.0757. The highest BCUT2D eigenvalue weighted by Gasteiger charge is 2.27. The van der Waals surface area contributed by atoms with Crippen LogP contribution in [0.25, 0.3) is 0 Å². The summed E-state index contributed by atoms with van der Waals surface area (Å²) in [6.07, 6.45) is 1.23. The number of hydrogen-bond acceptors (Lipinski definition) is 4. The number of likely N-dealkylation sites (N-methyl/N-ethyl adjacent to an activating group) is 1. The summed E-state index contributed by atoms with van der Waals surface area (Å²) in [6.45, 7) is 7.30. The van der Waals surface area contributed by atoms with Gasteiger partial charge in [-0.3, -0.25) is 4.90 Å². The number of nitrogens with two attached hydrogens (primary N) is 1. The Morgan fingerprint density at radius 3 is 2.93 bits per heavy atom. The maximum absolute atomic E-state index is 5.83. The summed E-state index contributed by atoms with van der Waals surface area (Å²) in [6, 6.07) is 0.546. The first-order valence-corrected chi connectivity index (χ1v) is 6.00. The fourth-order valence-corrected chi connectivity index (χ4v) is 2.57. The molecule has 15 heavy (non-hydrogen) atoms. The molecule has 2 saturated heterocycles. The van der Waals surface area contributed by atoms with Crippen LogP contribution in [0.3, 0.4) is 0 Å². The van der Waals surface area contributed by atoms with E-state index in [0.717, 1.165) is 38.8 Å². The fourth-order valence-electron chi connectivity index (χ4n) is 2.57. The van der Waals surface area contributed by atoms with Crippen LogP contribution < -0.4 is 5.73 Å². The molecular formula is C11H23N3O. The van der Waals surface area contributed by atoms with Gasteiger partial charge in [-0.2, -0.15) is 0 Å². The maximum Gasteiger partial charge on any atom is 0.0507 e. The standard InChI is InChI=1S/C11H23N3O/c1-13-3-4-14(11(6-12)8-13)7-10-2-5-15-9-10/h10-11H,2-9,12H2,1H3. The minimum atomic E-state index is 0.546. The SMILES string of the molecule is CN1CCN(CC2CCOC2)C(CN)C1. The molecule has 88 valence electrons. The van der Waals surface area contributed by atoms with Gasteiger partial charge in [0.1, 0.15) is 0 Å². The Hall–Kier alpha value is -0.160. The van der Waals surface area contributed by atoms with Crippen molar-refractivity contribution in [3.05, 3.63) is 0 Å². The van der Waals surface area contributed by atoms with E-state index in [1.165, 1.54) is 19.5 Å². The van der Waals surface area contributed by atoms with Crippen molar-refractivity contribution < 1.29 is 4.74 Å². The predicted octanol–water partition coefficient (Wildman–Crippen LogP) is -0.402. The third-order valence-electron chi connectivity index (χ3n) is 3.60. The van der Waals surface area contributed by atoms with Gasteiger partial charge in [0, 0.05) is 45.4 Å². The van der Waals surface area contributed by atoms with Crippen LogP contribution in [-0.4, -0.2) is 68.8 Å². The Morgan fingerprint density at radius 2 is 2.27 bits per heavy atom. The Labute approximate surface area is 92.4 Å². The lowest BCUT2D eigenvalue weighted by atomic mass is 10.1. The van der Waals surface area contributed by atoms with Gasteiger partial charge >= 0.3 is 0 Å². The molecule has 0 bridgehead atoms. The Balaban J connectivity index is 1.83. The van der Waals surface area contributed by atoms with Crippen molar-refractivity contribution in [3.63, 3.8) is 0 Å². The van der Waals surface area contributed by atoms with Gasteiger partial charge in [-0.1, -0.05) is 0 Å². The van der Waals surface area contributed by atoms with Crippen LogP contribution >= 0.6 is 0 Å². The first-order chi connectivity index (χ1) is 7.29. The van der Waals surface area contributed by atoms with Crippen LogP contribution in [0.15, 0.2) is 0 Å². The predicted molar refractivity (Wildman–Crippen MR) is 60.8 cm³/mol. The molecule has 4 nitrogen and oxygen atoms in total. The van der Waals surface area contributed by atoms with Crippen LogP contribution in [-0.2, 0) is 4.74 Å². The van der Waals surface area contributed by atoms with Crippen molar-refractivity contribution in [3.8, 4) is 0 Å². The van der Waals surface area contributed by atoms with Crippen molar-refractivity contribution in [1.29, 1.82) is 0 Å². The lowest BCUT2D eigenvalue weighted by Gasteiger charge is -2.40. The van der Waals surface area contributed by atoms with Crippen molar-refractivity contribution in [2.45, 2.75) is 12.5 Å². The molecule has 4 heteroatoms. The third-order valence-corrected chi connectivity index (χ3v) is 3.60. The van der Waals surface area contributed by atoms with E-state index in [9.17, 15) is 0 Å². The second-order valence-corrected chi connectivity index (χ2v) is 4.88. The summed E-state index contributed by atoms with van der Waals surface area (Å²) in [5.74, 6) is 0.738. The van der Waals surface area contributed by atoms with E-state index in [-0.39, 0.29) is 0 Å². The molecule has 2 rings (SSSR count). The van der Waals surface area contributed by atoms with Crippen molar-refractivity contribution >= 4 is 0 Å². The second kappa shape index (κ2) is 5.25. The molecule has 2 heterocycles. The van der Waals surface area contributed by atoms with Gasteiger partial charge in [-0.25, -0.2) is 0 Å². The summed E-state index contributed by atoms with van der Waals surface area (Å²) in [5, 5.41) is 0. The van der Waals surface area contributed by atoms with E-state index >= 15 is 0 Å². The highest BCUT2D eigenvalue weighted by Crippen LogP contribution is 2.17. The molecule has 0 aromatic rings. The zero-order valence-electron chi connectivity index (χ0n) is 9.69. The first kappa shape index (κ1) is 11.3. The van der Waals surface area contributed by atoms with E-state index in [0.29, 0.717) is 6.04 Å². The van der Waals surface area contributed by atoms with Crippen molar-refractivity contribution in [2.24, 2.45) is 11.7 Å². The van der Waals surface area contributed by atoms with Gasteiger partial charge in [-0.15, -0.1) is 0 Å². The van der Waals surface area contributed by atoms with Gasteiger partial charge in [0.15, 0.2) is 0 Å². The topological polar surface area (TPSA) is 41.7 Å². The summed E-state index contributed by atoms with van der Waals surface area (Å²) in [5.41, 5.74) is 5.83. The van der Waals surface area contributed by atoms with Crippen molar-refractivity contribution in [1.82, 2.24) is 9.80 Å². The molecule has 2 aliphatic rings. The van der Waals surface area contributed by atoms with Gasteiger partial charge in [0.25, 0.3) is 0 Å². The molecule has 0 aliphatic carbocycles. The molecule has 2 fully saturated rings. The highest BCUT2D eigenvalue weighted by molar-refractivity contribution is 4.83. The molecule has 0 spiro atoms. The molecule has 2 atom stereocenters. The molecule has 0 saturated carbocycles. The minimum Gasteiger partial charge on any atom is -0.381 e. The van der Waals surface area contributed by atoms with Crippen LogP contribution in [0, 0.1) is 5.92 Å². The zero-order valence-corrected chi connectivity index (χ0v) is 9.69. The van der Waals surface area contributed by atoms with Crippen molar-refractivity contribution in [2.75, 3.05) is 53.0 Å². The average molecular weight is 213 g/mol. The monoisotopic (exact) mass is 213 g/mol. The zero-order chi connectivity index (χ0) is 10.7. The summed E-state index contributed by atoms with van der Waals surface area (Å²) < 4.78 is 5.42. The van der Waals surface area contributed by atoms with Gasteiger partial charge in [0.2, 0.25) is 0 Å².